The lowest BCUT2D eigenvalue weighted by molar-refractivity contribution is -0.116. The fourth-order valence-corrected chi connectivity index (χ4v) is 11.9. The number of aliphatic hydroxyl groups excluding tert-OH is 1. The van der Waals surface area contributed by atoms with Gasteiger partial charge >= 0.3 is 0 Å². The maximum absolute atomic E-state index is 11.1. The number of piperidine rings is 2. The molecule has 0 aromatic carbocycles. The summed E-state index contributed by atoms with van der Waals surface area (Å²) in [5.74, 6) is -0.203. The molecule has 0 aromatic heterocycles. The Hall–Kier alpha value is -5.34. The van der Waals surface area contributed by atoms with E-state index in [-0.39, 0.29) is 42.0 Å². The second kappa shape index (κ2) is 54.5. The van der Waals surface area contributed by atoms with Crippen molar-refractivity contribution in [3.05, 3.63) is 72.9 Å². The Bertz CT molecular complexity index is 2230. The van der Waals surface area contributed by atoms with Crippen LogP contribution < -0.4 is 37.2 Å². The SMILES string of the molecule is CNC(=O)/C=C/CN1CCC(N2CCNCC2)CC1.CNC(=O)/C=C/CN1CCC(N2CCOCC2)CC1.CNC(=O)/C=C/CN1CCN(C(C)C)CC1.CNC(=O)/C=C/CN1CCN(C)CC1.CNC(=O)/C=C/CN1CCN(CCO)CC1.CNC(=O)/C=C/CN1CCOCC1. The summed E-state index contributed by atoms with van der Waals surface area (Å²) in [6.45, 7) is 40.1. The van der Waals surface area contributed by atoms with Crippen LogP contribution in [0.15, 0.2) is 72.9 Å². The van der Waals surface area contributed by atoms with Crippen LogP contribution in [0.5, 0.6) is 0 Å². The molecular weight excluding hydrogens is 1240 g/mol. The number of hydrogen-bond donors (Lipinski definition) is 8. The molecule has 0 unspecified atom stereocenters. The van der Waals surface area contributed by atoms with Crippen LogP contribution in [-0.4, -0.2) is 398 Å². The van der Waals surface area contributed by atoms with E-state index in [1.807, 2.05) is 36.5 Å². The van der Waals surface area contributed by atoms with Gasteiger partial charge in [-0.25, -0.2) is 0 Å². The zero-order valence-corrected chi connectivity index (χ0v) is 61.1. The number of morpholine rings is 2. The van der Waals surface area contributed by atoms with Gasteiger partial charge in [0.25, 0.3) is 0 Å². The molecule has 8 aliphatic rings. The van der Waals surface area contributed by atoms with Gasteiger partial charge in [-0.1, -0.05) is 36.5 Å². The lowest BCUT2D eigenvalue weighted by Crippen LogP contribution is -2.51. The molecule has 0 aliphatic carbocycles. The first-order valence-corrected chi connectivity index (χ1v) is 35.8. The molecule has 0 bridgehead atoms. The van der Waals surface area contributed by atoms with Gasteiger partial charge in [-0.3, -0.25) is 77.8 Å². The molecule has 27 nitrogen and oxygen atoms in total. The fourth-order valence-electron chi connectivity index (χ4n) is 11.9. The average Bonchev–Trinajstić information content (AvgIpc) is 1.29. The number of hydrogen-bond acceptors (Lipinski definition) is 21. The van der Waals surface area contributed by atoms with Crippen LogP contribution >= 0.6 is 0 Å². The monoisotopic (exact) mass is 1370 g/mol. The first-order valence-electron chi connectivity index (χ1n) is 35.8. The quantitative estimate of drug-likeness (QED) is 0.0521. The molecule has 27 heteroatoms. The van der Waals surface area contributed by atoms with Gasteiger partial charge in [0.1, 0.15) is 0 Å². The van der Waals surface area contributed by atoms with Crippen LogP contribution in [0, 0.1) is 0 Å². The fraction of sp³-hybridized carbons (Fsp3) is 0.743. The summed E-state index contributed by atoms with van der Waals surface area (Å²) >= 11 is 0. The molecule has 8 rings (SSSR count). The Morgan fingerprint density at radius 1 is 0.381 bits per heavy atom. The number of ether oxygens (including phenoxy) is 2. The molecule has 8 heterocycles. The number of rotatable bonds is 23. The smallest absolute Gasteiger partial charge is 0.243 e. The van der Waals surface area contributed by atoms with E-state index in [0.717, 1.165) is 228 Å². The van der Waals surface area contributed by atoms with Crippen molar-refractivity contribution in [3.63, 3.8) is 0 Å². The highest BCUT2D eigenvalue weighted by molar-refractivity contribution is 5.89. The molecule has 0 spiro atoms. The molecule has 6 amide bonds. The molecular formula is C70H130N18O9. The molecule has 554 valence electrons. The van der Waals surface area contributed by atoms with E-state index in [2.05, 4.69) is 112 Å². The van der Waals surface area contributed by atoms with Gasteiger partial charge in [-0.2, -0.15) is 0 Å². The Kier molecular flexibility index (Phi) is 48.2. The highest BCUT2D eigenvalue weighted by Gasteiger charge is 2.27. The zero-order valence-electron chi connectivity index (χ0n) is 61.1. The van der Waals surface area contributed by atoms with Gasteiger partial charge in [-0.05, 0) is 72.8 Å². The molecule has 8 aliphatic heterocycles. The lowest BCUT2D eigenvalue weighted by atomic mass is 10.0. The number of nitrogens with one attached hydrogen (secondary N) is 7. The van der Waals surface area contributed by atoms with Crippen molar-refractivity contribution in [3.8, 4) is 0 Å². The summed E-state index contributed by atoms with van der Waals surface area (Å²) in [7, 11) is 12.0. The van der Waals surface area contributed by atoms with E-state index >= 15 is 0 Å². The van der Waals surface area contributed by atoms with Gasteiger partial charge in [0.2, 0.25) is 35.4 Å². The van der Waals surface area contributed by atoms with Crippen molar-refractivity contribution in [2.24, 2.45) is 0 Å². The molecule has 0 saturated carbocycles. The first-order chi connectivity index (χ1) is 47.0. The maximum Gasteiger partial charge on any atom is 0.243 e. The highest BCUT2D eigenvalue weighted by Crippen LogP contribution is 2.19. The summed E-state index contributed by atoms with van der Waals surface area (Å²) in [6.07, 6.45) is 26.1. The largest absolute Gasteiger partial charge is 0.395 e. The number of carbonyl (C=O) groups excluding carboxylic acids is 6. The van der Waals surface area contributed by atoms with Gasteiger partial charge in [0.05, 0.1) is 33.0 Å². The second-order valence-electron chi connectivity index (χ2n) is 25.4. The van der Waals surface area contributed by atoms with Crippen LogP contribution in [0.25, 0.3) is 0 Å². The van der Waals surface area contributed by atoms with E-state index in [0.29, 0.717) is 6.04 Å². The standard InChI is InChI=1S/C14H26N4O.C14H25N3O2.C12H23N3O.C11H21N3O2.C10H19N3O.C9H16N2O2/c1-15-14(19)3-2-8-17-9-4-13(5-10-17)18-11-6-16-7-12-18;1-15-14(18)3-2-6-16-7-4-13(5-8-16)17-9-11-19-12-10-17;1-11(2)15-9-7-14(8-10-15)6-4-5-12(16)13-3;1-12-11(16)3-2-4-13-5-7-14(8-6-13)9-10-15;1-11-10(14)4-3-5-13-8-6-12(2)7-9-13;1-10-9(12)3-2-4-11-5-7-13-8-6-11/h2-3,13,16H,4-12H2,1H3,(H,15,19);2-3,13H,4-12H2,1H3,(H,15,18);4-5,11H,6-10H2,1-3H3,(H,13,16);2-3,15H,4-10H2,1H3,(H,12,16);3-4H,5-9H2,1-2H3,(H,11,14);2-3H,4-8H2,1H3,(H,10,12)/b2*3-2+;5-4+;3-2+;4-3+;3-2+. The normalized spacial score (nSPS) is 21.2. The summed E-state index contributed by atoms with van der Waals surface area (Å²) < 4.78 is 10.6. The number of nitrogens with zero attached hydrogens (tertiary/aromatic N) is 11. The van der Waals surface area contributed by atoms with Crippen LogP contribution in [0.1, 0.15) is 39.5 Å². The minimum absolute atomic E-state index is 0.0179. The Balaban J connectivity index is 0.000000305. The molecule has 8 saturated heterocycles. The van der Waals surface area contributed by atoms with Crippen LogP contribution in [-0.2, 0) is 38.2 Å². The van der Waals surface area contributed by atoms with E-state index in [9.17, 15) is 28.8 Å². The predicted octanol–water partition coefficient (Wildman–Crippen LogP) is -1.89. The van der Waals surface area contributed by atoms with Gasteiger partial charge in [0.15, 0.2) is 0 Å². The topological polar surface area (TPSA) is 261 Å². The first kappa shape index (κ1) is 85.9. The zero-order chi connectivity index (χ0) is 70.7. The van der Waals surface area contributed by atoms with Crippen LogP contribution in [0.2, 0.25) is 0 Å². The lowest BCUT2D eigenvalue weighted by Gasteiger charge is -2.40. The van der Waals surface area contributed by atoms with E-state index in [4.69, 9.17) is 14.6 Å². The Labute approximate surface area is 583 Å². The summed E-state index contributed by atoms with van der Waals surface area (Å²) in [5.41, 5.74) is 0. The average molecular weight is 1370 g/mol. The minimum Gasteiger partial charge on any atom is -0.395 e. The minimum atomic E-state index is -0.0566. The summed E-state index contributed by atoms with van der Waals surface area (Å²) in [4.78, 5) is 92.1. The van der Waals surface area contributed by atoms with Gasteiger partial charge < -0.3 is 56.7 Å². The van der Waals surface area contributed by atoms with Gasteiger partial charge in [-0.15, -0.1) is 0 Å². The van der Waals surface area contributed by atoms with Crippen molar-refractivity contribution in [2.75, 3.05) is 285 Å². The summed E-state index contributed by atoms with van der Waals surface area (Å²) in [5, 5.41) is 27.6. The molecule has 0 radical (unpaired) electrons. The van der Waals surface area contributed by atoms with Crippen molar-refractivity contribution in [1.29, 1.82) is 0 Å². The molecule has 0 aromatic rings. The van der Waals surface area contributed by atoms with Crippen LogP contribution in [0.3, 0.4) is 0 Å². The third-order valence-corrected chi connectivity index (χ3v) is 18.3. The number of likely N-dealkylation sites (tertiary alicyclic amines) is 2. The number of β-amino-alcohol motifs (C(OH)–C–C–N with tert-alkyl or cyclic N) is 1. The third kappa shape index (κ3) is 41.1. The molecule has 97 heavy (non-hydrogen) atoms. The van der Waals surface area contributed by atoms with Crippen LogP contribution in [0.4, 0.5) is 0 Å². The van der Waals surface area contributed by atoms with Crippen molar-refractivity contribution >= 4 is 35.4 Å². The number of amides is 6. The van der Waals surface area contributed by atoms with Gasteiger partial charge in [0, 0.05) is 274 Å². The van der Waals surface area contributed by atoms with Crippen molar-refractivity contribution in [1.82, 2.24) is 91.1 Å². The van der Waals surface area contributed by atoms with Crippen molar-refractivity contribution in [2.45, 2.75) is 57.7 Å². The Morgan fingerprint density at radius 3 is 0.959 bits per heavy atom. The second-order valence-corrected chi connectivity index (χ2v) is 25.4. The van der Waals surface area contributed by atoms with E-state index in [1.165, 1.54) is 38.8 Å². The number of carbonyl (C=O) groups is 6. The maximum atomic E-state index is 11.1. The number of aliphatic hydroxyl groups is 1. The summed E-state index contributed by atoms with van der Waals surface area (Å²) in [6, 6.07) is 2.13. The molecule has 8 N–H and O–H groups in total. The third-order valence-electron chi connectivity index (χ3n) is 18.3. The molecule has 0 atom stereocenters. The Morgan fingerprint density at radius 2 is 0.649 bits per heavy atom. The number of likely N-dealkylation sites (N-methyl/N-ethyl adjacent to an activating group) is 7. The van der Waals surface area contributed by atoms with E-state index < -0.39 is 0 Å². The molecule has 8 fully saturated rings. The number of piperazine rings is 4. The van der Waals surface area contributed by atoms with E-state index in [1.54, 1.807) is 78.7 Å². The van der Waals surface area contributed by atoms with Crippen molar-refractivity contribution < 1.29 is 43.3 Å². The highest BCUT2D eigenvalue weighted by atomic mass is 16.5. The predicted molar refractivity (Wildman–Crippen MR) is 389 cm³/mol.